The molecule has 1 N–H and O–H groups in total. The van der Waals surface area contributed by atoms with Crippen LogP contribution in [0.3, 0.4) is 0 Å². The quantitative estimate of drug-likeness (QED) is 0.567. The van der Waals surface area contributed by atoms with Crippen LogP contribution in [0.15, 0.2) is 60.4 Å². The smallest absolute Gasteiger partial charge is 0.328 e. The van der Waals surface area contributed by atoms with Crippen molar-refractivity contribution in [3.05, 3.63) is 77.1 Å². The Kier molecular flexibility index (Phi) is 4.28. The van der Waals surface area contributed by atoms with Gasteiger partial charge in [0, 0.05) is 35.8 Å². The fraction of sp³-hybridized carbons (Fsp3) is 0.182. The molecule has 0 saturated carbocycles. The molecule has 0 atom stereocenters. The molecule has 1 aromatic heterocycles. The van der Waals surface area contributed by atoms with Crippen LogP contribution >= 0.6 is 0 Å². The number of carbonyl (C=O) groups excluding carboxylic acids is 2. The summed E-state index contributed by atoms with van der Waals surface area (Å²) in [5, 5.41) is 3.72. The summed E-state index contributed by atoms with van der Waals surface area (Å²) in [4.78, 5) is 25.5. The van der Waals surface area contributed by atoms with Gasteiger partial charge in [0.15, 0.2) is 0 Å². The van der Waals surface area contributed by atoms with Crippen molar-refractivity contribution in [3.63, 3.8) is 0 Å². The molecule has 0 radical (unpaired) electrons. The molecule has 1 fully saturated rings. The SMILES string of the molecule is CCN1C(=O)N/C(=C/c2cn(Cc3cccc(C)c3)c3ccccc23)C1=O. The number of para-hydroxylation sites is 1. The molecular weight excluding hydrogens is 338 g/mol. The maximum Gasteiger partial charge on any atom is 0.328 e. The van der Waals surface area contributed by atoms with Gasteiger partial charge in [0.1, 0.15) is 5.70 Å². The largest absolute Gasteiger partial charge is 0.342 e. The Morgan fingerprint density at radius 1 is 1.07 bits per heavy atom. The minimum Gasteiger partial charge on any atom is -0.342 e. The zero-order valence-corrected chi connectivity index (χ0v) is 15.4. The second kappa shape index (κ2) is 6.76. The number of rotatable bonds is 4. The summed E-state index contributed by atoms with van der Waals surface area (Å²) in [6, 6.07) is 16.2. The maximum atomic E-state index is 12.4. The molecule has 0 bridgehead atoms. The first-order valence-corrected chi connectivity index (χ1v) is 9.05. The van der Waals surface area contributed by atoms with Gasteiger partial charge in [0.05, 0.1) is 0 Å². The summed E-state index contributed by atoms with van der Waals surface area (Å²) >= 11 is 0. The molecule has 0 spiro atoms. The normalized spacial score (nSPS) is 15.8. The molecule has 1 aliphatic heterocycles. The monoisotopic (exact) mass is 359 g/mol. The zero-order chi connectivity index (χ0) is 19.0. The zero-order valence-electron chi connectivity index (χ0n) is 15.4. The number of nitrogens with zero attached hydrogens (tertiary/aromatic N) is 2. The highest BCUT2D eigenvalue weighted by Crippen LogP contribution is 2.25. The van der Waals surface area contributed by atoms with Crippen LogP contribution in [0, 0.1) is 6.92 Å². The number of aromatic nitrogens is 1. The number of benzene rings is 2. The Balaban J connectivity index is 1.76. The molecule has 2 aromatic carbocycles. The van der Waals surface area contributed by atoms with Gasteiger partial charge in [0.25, 0.3) is 5.91 Å². The summed E-state index contributed by atoms with van der Waals surface area (Å²) in [5.41, 5.74) is 4.78. The number of urea groups is 1. The molecule has 2 heterocycles. The minimum atomic E-state index is -0.364. The molecule has 4 rings (SSSR count). The Labute approximate surface area is 157 Å². The number of aryl methyl sites for hydroxylation is 1. The van der Waals surface area contributed by atoms with Gasteiger partial charge in [0.2, 0.25) is 0 Å². The number of fused-ring (bicyclic) bond motifs is 1. The molecule has 5 heteroatoms. The van der Waals surface area contributed by atoms with Gasteiger partial charge in [-0.05, 0) is 31.6 Å². The van der Waals surface area contributed by atoms with Crippen molar-refractivity contribution in [2.45, 2.75) is 20.4 Å². The lowest BCUT2D eigenvalue weighted by Gasteiger charge is -2.06. The number of hydrogen-bond acceptors (Lipinski definition) is 2. The van der Waals surface area contributed by atoms with Crippen LogP contribution in [-0.4, -0.2) is 28.0 Å². The number of carbonyl (C=O) groups is 2. The second-order valence-corrected chi connectivity index (χ2v) is 6.76. The maximum absolute atomic E-state index is 12.4. The summed E-state index contributed by atoms with van der Waals surface area (Å²) in [5.74, 6) is -0.280. The molecule has 27 heavy (non-hydrogen) atoms. The highest BCUT2D eigenvalue weighted by molar-refractivity contribution is 6.14. The summed E-state index contributed by atoms with van der Waals surface area (Å²) < 4.78 is 2.18. The van der Waals surface area contributed by atoms with Crippen molar-refractivity contribution < 1.29 is 9.59 Å². The van der Waals surface area contributed by atoms with E-state index in [2.05, 4.69) is 47.1 Å². The molecule has 1 aliphatic rings. The Bertz CT molecular complexity index is 1080. The highest BCUT2D eigenvalue weighted by Gasteiger charge is 2.32. The van der Waals surface area contributed by atoms with Gasteiger partial charge in [-0.2, -0.15) is 0 Å². The van der Waals surface area contributed by atoms with Crippen molar-refractivity contribution in [1.29, 1.82) is 0 Å². The summed E-state index contributed by atoms with van der Waals surface area (Å²) in [6.45, 7) is 4.97. The van der Waals surface area contributed by atoms with Crippen LogP contribution in [0.25, 0.3) is 17.0 Å². The van der Waals surface area contributed by atoms with Gasteiger partial charge in [-0.3, -0.25) is 9.69 Å². The minimum absolute atomic E-state index is 0.280. The van der Waals surface area contributed by atoms with E-state index in [1.54, 1.807) is 13.0 Å². The van der Waals surface area contributed by atoms with Crippen molar-refractivity contribution >= 4 is 28.9 Å². The van der Waals surface area contributed by atoms with Crippen LogP contribution in [0.4, 0.5) is 4.79 Å². The third-order valence-corrected chi connectivity index (χ3v) is 4.83. The van der Waals surface area contributed by atoms with Crippen LogP contribution in [0.5, 0.6) is 0 Å². The van der Waals surface area contributed by atoms with E-state index in [0.29, 0.717) is 12.2 Å². The van der Waals surface area contributed by atoms with E-state index in [0.717, 1.165) is 23.0 Å². The highest BCUT2D eigenvalue weighted by atomic mass is 16.2. The third-order valence-electron chi connectivity index (χ3n) is 4.83. The van der Waals surface area contributed by atoms with Gasteiger partial charge < -0.3 is 9.88 Å². The van der Waals surface area contributed by atoms with Crippen LogP contribution < -0.4 is 5.32 Å². The van der Waals surface area contributed by atoms with E-state index < -0.39 is 0 Å². The number of hydrogen-bond donors (Lipinski definition) is 1. The van der Waals surface area contributed by atoms with Crippen molar-refractivity contribution in [2.75, 3.05) is 6.54 Å². The van der Waals surface area contributed by atoms with Crippen LogP contribution in [-0.2, 0) is 11.3 Å². The van der Waals surface area contributed by atoms with E-state index in [1.807, 2.05) is 24.4 Å². The van der Waals surface area contributed by atoms with Gasteiger partial charge in [-0.25, -0.2) is 4.79 Å². The molecule has 0 unspecified atom stereocenters. The molecule has 136 valence electrons. The Morgan fingerprint density at radius 2 is 1.89 bits per heavy atom. The Morgan fingerprint density at radius 3 is 2.63 bits per heavy atom. The van der Waals surface area contributed by atoms with Gasteiger partial charge in [-0.15, -0.1) is 0 Å². The molecule has 3 aromatic rings. The number of nitrogens with one attached hydrogen (secondary N) is 1. The number of likely N-dealkylation sites (N-methyl/N-ethyl adjacent to an activating group) is 1. The number of amides is 3. The van der Waals surface area contributed by atoms with Crippen LogP contribution in [0.1, 0.15) is 23.6 Å². The first-order chi connectivity index (χ1) is 13.1. The first kappa shape index (κ1) is 17.1. The van der Waals surface area contributed by atoms with E-state index >= 15 is 0 Å². The fourth-order valence-corrected chi connectivity index (χ4v) is 3.54. The molecule has 5 nitrogen and oxygen atoms in total. The second-order valence-electron chi connectivity index (χ2n) is 6.76. The molecule has 0 aliphatic carbocycles. The molecule has 3 amide bonds. The van der Waals surface area contributed by atoms with Crippen molar-refractivity contribution in [2.24, 2.45) is 0 Å². The van der Waals surface area contributed by atoms with Gasteiger partial charge >= 0.3 is 6.03 Å². The van der Waals surface area contributed by atoms with E-state index in [-0.39, 0.29) is 11.9 Å². The predicted octanol–water partition coefficient (Wildman–Crippen LogP) is 3.91. The standard InChI is InChI=1S/C22H21N3O2/c1-3-25-21(26)19(23-22(25)27)12-17-14-24(20-10-5-4-9-18(17)20)13-16-8-6-7-15(2)11-16/h4-12,14H,3,13H2,1-2H3,(H,23,27)/b19-12+. The molecular formula is C22H21N3O2. The Hall–Kier alpha value is -3.34. The lowest BCUT2D eigenvalue weighted by molar-refractivity contribution is -0.122. The first-order valence-electron chi connectivity index (χ1n) is 9.05. The average Bonchev–Trinajstić information content (AvgIpc) is 3.13. The van der Waals surface area contributed by atoms with Gasteiger partial charge in [-0.1, -0.05) is 48.0 Å². The molecule has 1 saturated heterocycles. The topological polar surface area (TPSA) is 54.3 Å². The van der Waals surface area contributed by atoms with E-state index in [9.17, 15) is 9.59 Å². The van der Waals surface area contributed by atoms with E-state index in [1.165, 1.54) is 16.0 Å². The predicted molar refractivity (Wildman–Crippen MR) is 106 cm³/mol. The van der Waals surface area contributed by atoms with Crippen molar-refractivity contribution in [3.8, 4) is 0 Å². The average molecular weight is 359 g/mol. The van der Waals surface area contributed by atoms with Crippen molar-refractivity contribution in [1.82, 2.24) is 14.8 Å². The fourth-order valence-electron chi connectivity index (χ4n) is 3.54. The third kappa shape index (κ3) is 3.12. The van der Waals surface area contributed by atoms with Crippen LogP contribution in [0.2, 0.25) is 0 Å². The van der Waals surface area contributed by atoms with E-state index in [4.69, 9.17) is 0 Å². The summed E-state index contributed by atoms with van der Waals surface area (Å²) in [7, 11) is 0. The summed E-state index contributed by atoms with van der Waals surface area (Å²) in [6.07, 6.45) is 3.80. The lowest BCUT2D eigenvalue weighted by atomic mass is 10.1. The lowest BCUT2D eigenvalue weighted by Crippen LogP contribution is -2.30. The number of imide groups is 1.